The molecule has 0 unspecified atom stereocenters. The maximum absolute atomic E-state index is 5.65. The third-order valence-corrected chi connectivity index (χ3v) is 3.16. The third kappa shape index (κ3) is 5.73. The minimum absolute atomic E-state index is 0.817. The number of aryl methyl sites for hydroxylation is 1. The summed E-state index contributed by atoms with van der Waals surface area (Å²) in [6, 6.07) is 8.22. The highest BCUT2D eigenvalue weighted by atomic mass is 32.2. The SMILES string of the molecule is CCCCSCCOc1cccc(C)c1. The van der Waals surface area contributed by atoms with Crippen molar-refractivity contribution in [1.29, 1.82) is 0 Å². The van der Waals surface area contributed by atoms with E-state index in [9.17, 15) is 0 Å². The maximum atomic E-state index is 5.65. The smallest absolute Gasteiger partial charge is 0.119 e. The molecule has 0 bridgehead atoms. The van der Waals surface area contributed by atoms with Crippen molar-refractivity contribution in [3.8, 4) is 5.75 Å². The summed E-state index contributed by atoms with van der Waals surface area (Å²) in [6.45, 7) is 5.13. The van der Waals surface area contributed by atoms with Crippen molar-refractivity contribution in [3.05, 3.63) is 29.8 Å². The second-order valence-electron chi connectivity index (χ2n) is 3.63. The van der Waals surface area contributed by atoms with Crippen LogP contribution in [-0.2, 0) is 0 Å². The molecule has 0 amide bonds. The van der Waals surface area contributed by atoms with E-state index in [1.165, 1.54) is 24.2 Å². The zero-order chi connectivity index (χ0) is 10.9. The maximum Gasteiger partial charge on any atom is 0.119 e. The van der Waals surface area contributed by atoms with Crippen LogP contribution in [0.2, 0.25) is 0 Å². The molecule has 0 heterocycles. The Morgan fingerprint density at radius 3 is 2.87 bits per heavy atom. The van der Waals surface area contributed by atoms with Gasteiger partial charge in [-0.15, -0.1) is 0 Å². The molecule has 2 heteroatoms. The highest BCUT2D eigenvalue weighted by Gasteiger charge is 1.94. The fourth-order valence-corrected chi connectivity index (χ4v) is 2.17. The van der Waals surface area contributed by atoms with Crippen LogP contribution in [0.1, 0.15) is 25.3 Å². The number of rotatable bonds is 7. The second-order valence-corrected chi connectivity index (χ2v) is 4.86. The lowest BCUT2D eigenvalue weighted by Gasteiger charge is -2.06. The molecule has 1 aromatic carbocycles. The number of benzene rings is 1. The third-order valence-electron chi connectivity index (χ3n) is 2.13. The lowest BCUT2D eigenvalue weighted by molar-refractivity contribution is 0.343. The van der Waals surface area contributed by atoms with Gasteiger partial charge in [-0.3, -0.25) is 0 Å². The topological polar surface area (TPSA) is 9.23 Å². The monoisotopic (exact) mass is 224 g/mol. The molecule has 0 saturated carbocycles. The van der Waals surface area contributed by atoms with E-state index in [4.69, 9.17) is 4.74 Å². The van der Waals surface area contributed by atoms with Crippen LogP contribution < -0.4 is 4.74 Å². The van der Waals surface area contributed by atoms with E-state index in [1.54, 1.807) is 0 Å². The van der Waals surface area contributed by atoms with E-state index in [-0.39, 0.29) is 0 Å². The summed E-state index contributed by atoms with van der Waals surface area (Å²) in [5.74, 6) is 3.34. The first-order valence-corrected chi connectivity index (χ1v) is 6.75. The second kappa shape index (κ2) is 7.63. The first-order chi connectivity index (χ1) is 7.33. The summed E-state index contributed by atoms with van der Waals surface area (Å²) in [7, 11) is 0. The molecule has 0 aromatic heterocycles. The minimum Gasteiger partial charge on any atom is -0.493 e. The van der Waals surface area contributed by atoms with Crippen molar-refractivity contribution in [2.24, 2.45) is 0 Å². The average Bonchev–Trinajstić information content (AvgIpc) is 2.23. The molecule has 0 aliphatic rings. The van der Waals surface area contributed by atoms with Crippen molar-refractivity contribution >= 4 is 11.8 Å². The Morgan fingerprint density at radius 2 is 2.13 bits per heavy atom. The summed E-state index contributed by atoms with van der Waals surface area (Å²) in [5, 5.41) is 0. The van der Waals surface area contributed by atoms with Crippen LogP contribution in [0, 0.1) is 6.92 Å². The molecule has 1 rings (SSSR count). The van der Waals surface area contributed by atoms with Gasteiger partial charge in [0.25, 0.3) is 0 Å². The fraction of sp³-hybridized carbons (Fsp3) is 0.538. The number of hydrogen-bond acceptors (Lipinski definition) is 2. The zero-order valence-electron chi connectivity index (χ0n) is 9.66. The molecule has 0 N–H and O–H groups in total. The van der Waals surface area contributed by atoms with Crippen LogP contribution in [0.3, 0.4) is 0 Å². The fourth-order valence-electron chi connectivity index (χ4n) is 1.27. The van der Waals surface area contributed by atoms with Gasteiger partial charge in [0.05, 0.1) is 6.61 Å². The molecule has 84 valence electrons. The van der Waals surface area contributed by atoms with Crippen molar-refractivity contribution in [2.45, 2.75) is 26.7 Å². The van der Waals surface area contributed by atoms with Gasteiger partial charge in [0.2, 0.25) is 0 Å². The van der Waals surface area contributed by atoms with Gasteiger partial charge < -0.3 is 4.74 Å². The molecule has 1 nitrogen and oxygen atoms in total. The van der Waals surface area contributed by atoms with Gasteiger partial charge in [-0.25, -0.2) is 0 Å². The Kier molecular flexibility index (Phi) is 6.33. The van der Waals surface area contributed by atoms with Crippen LogP contribution in [-0.4, -0.2) is 18.1 Å². The summed E-state index contributed by atoms with van der Waals surface area (Å²) in [5.41, 5.74) is 1.26. The molecular formula is C13H20OS. The number of unbranched alkanes of at least 4 members (excludes halogenated alkanes) is 1. The van der Waals surface area contributed by atoms with Crippen LogP contribution in [0.5, 0.6) is 5.75 Å². The van der Waals surface area contributed by atoms with E-state index in [0.717, 1.165) is 18.1 Å². The Morgan fingerprint density at radius 1 is 1.27 bits per heavy atom. The van der Waals surface area contributed by atoms with E-state index < -0.39 is 0 Å². The van der Waals surface area contributed by atoms with Crippen LogP contribution in [0.25, 0.3) is 0 Å². The molecule has 0 radical (unpaired) electrons. The normalized spacial score (nSPS) is 10.3. The number of ether oxygens (including phenoxy) is 1. The van der Waals surface area contributed by atoms with Crippen molar-refractivity contribution < 1.29 is 4.74 Å². The van der Waals surface area contributed by atoms with E-state index >= 15 is 0 Å². The Labute approximate surface area is 97.2 Å². The molecule has 0 aliphatic carbocycles. The molecule has 0 aliphatic heterocycles. The van der Waals surface area contributed by atoms with Gasteiger partial charge in [-0.2, -0.15) is 11.8 Å². The van der Waals surface area contributed by atoms with Gasteiger partial charge in [-0.05, 0) is 36.8 Å². The van der Waals surface area contributed by atoms with Crippen LogP contribution in [0.4, 0.5) is 0 Å². The van der Waals surface area contributed by atoms with Crippen molar-refractivity contribution in [2.75, 3.05) is 18.1 Å². The highest BCUT2D eigenvalue weighted by molar-refractivity contribution is 7.99. The first-order valence-electron chi connectivity index (χ1n) is 5.60. The molecule has 0 spiro atoms. The van der Waals surface area contributed by atoms with Gasteiger partial charge in [0.15, 0.2) is 0 Å². The van der Waals surface area contributed by atoms with Crippen LogP contribution >= 0.6 is 11.8 Å². The highest BCUT2D eigenvalue weighted by Crippen LogP contribution is 2.13. The van der Waals surface area contributed by atoms with Crippen molar-refractivity contribution in [1.82, 2.24) is 0 Å². The molecule has 0 atom stereocenters. The lowest BCUT2D eigenvalue weighted by Crippen LogP contribution is -2.00. The summed E-state index contributed by atoms with van der Waals surface area (Å²) >= 11 is 1.98. The standard InChI is InChI=1S/C13H20OS/c1-3-4-9-15-10-8-14-13-7-5-6-12(2)11-13/h5-7,11H,3-4,8-10H2,1-2H3. The van der Waals surface area contributed by atoms with E-state index in [1.807, 2.05) is 23.9 Å². The summed E-state index contributed by atoms with van der Waals surface area (Å²) < 4.78 is 5.65. The summed E-state index contributed by atoms with van der Waals surface area (Å²) in [4.78, 5) is 0. The Hall–Kier alpha value is -0.630. The number of thioether (sulfide) groups is 1. The van der Waals surface area contributed by atoms with E-state index in [2.05, 4.69) is 26.0 Å². The Bertz CT molecular complexity index is 273. The predicted molar refractivity (Wildman–Crippen MR) is 68.9 cm³/mol. The summed E-state index contributed by atoms with van der Waals surface area (Å²) in [6.07, 6.45) is 2.60. The molecular weight excluding hydrogens is 204 g/mol. The lowest BCUT2D eigenvalue weighted by atomic mass is 10.2. The Balaban J connectivity index is 2.10. The predicted octanol–water partition coefficient (Wildman–Crippen LogP) is 3.91. The van der Waals surface area contributed by atoms with Gasteiger partial charge in [0, 0.05) is 5.75 Å². The van der Waals surface area contributed by atoms with E-state index in [0.29, 0.717) is 0 Å². The molecule has 1 aromatic rings. The largest absolute Gasteiger partial charge is 0.493 e. The quantitative estimate of drug-likeness (QED) is 0.649. The van der Waals surface area contributed by atoms with Crippen LogP contribution in [0.15, 0.2) is 24.3 Å². The zero-order valence-corrected chi connectivity index (χ0v) is 10.5. The van der Waals surface area contributed by atoms with Crippen molar-refractivity contribution in [3.63, 3.8) is 0 Å². The number of hydrogen-bond donors (Lipinski definition) is 0. The molecule has 15 heavy (non-hydrogen) atoms. The average molecular weight is 224 g/mol. The minimum atomic E-state index is 0.817. The van der Waals surface area contributed by atoms with Gasteiger partial charge >= 0.3 is 0 Å². The first kappa shape index (κ1) is 12.4. The molecule has 0 fully saturated rings. The van der Waals surface area contributed by atoms with Gasteiger partial charge in [-0.1, -0.05) is 25.5 Å². The molecule has 0 saturated heterocycles. The van der Waals surface area contributed by atoms with Gasteiger partial charge in [0.1, 0.15) is 5.75 Å².